The van der Waals surface area contributed by atoms with Crippen LogP contribution in [0.15, 0.2) is 66.7 Å². The Balaban J connectivity index is 1.69. The Hall–Kier alpha value is -3.01. The van der Waals surface area contributed by atoms with E-state index in [4.69, 9.17) is 4.74 Å². The molecule has 0 aliphatic carbocycles. The number of urea groups is 1. The first-order valence-corrected chi connectivity index (χ1v) is 9.61. The van der Waals surface area contributed by atoms with Crippen molar-refractivity contribution in [3.8, 4) is 5.75 Å². The maximum Gasteiger partial charge on any atom is 0.317 e. The standard InChI is InChI=1S/C24H28N2O2/c1-17(2)23(20-11-13-22(28-4)14-12-20)25-24(27)26(3)16-18-9-10-19-7-5-6-8-21(19)15-18/h5-15,17,23H,16H2,1-4H3,(H,25,27)/t23-/m1/s1. The van der Waals surface area contributed by atoms with Gasteiger partial charge in [-0.25, -0.2) is 4.79 Å². The van der Waals surface area contributed by atoms with Crippen LogP contribution in [0.4, 0.5) is 4.79 Å². The third kappa shape index (κ3) is 4.63. The van der Waals surface area contributed by atoms with Gasteiger partial charge in [-0.3, -0.25) is 0 Å². The summed E-state index contributed by atoms with van der Waals surface area (Å²) in [7, 11) is 3.48. The Bertz CT molecular complexity index is 935. The van der Waals surface area contributed by atoms with Gasteiger partial charge in [0.1, 0.15) is 5.75 Å². The third-order valence-corrected chi connectivity index (χ3v) is 5.00. The van der Waals surface area contributed by atoms with Crippen molar-refractivity contribution in [2.24, 2.45) is 5.92 Å². The van der Waals surface area contributed by atoms with Gasteiger partial charge in [0.25, 0.3) is 0 Å². The molecule has 0 aliphatic rings. The summed E-state index contributed by atoms with van der Waals surface area (Å²) in [5, 5.41) is 5.57. The zero-order valence-corrected chi connectivity index (χ0v) is 17.0. The van der Waals surface area contributed by atoms with Gasteiger partial charge >= 0.3 is 6.03 Å². The molecule has 1 N–H and O–H groups in total. The Morgan fingerprint density at radius 1 is 1.00 bits per heavy atom. The van der Waals surface area contributed by atoms with Gasteiger partial charge < -0.3 is 15.0 Å². The molecular formula is C24H28N2O2. The summed E-state index contributed by atoms with van der Waals surface area (Å²) >= 11 is 0. The number of rotatable bonds is 6. The van der Waals surface area contributed by atoms with Crippen LogP contribution in [0.2, 0.25) is 0 Å². The molecule has 0 bridgehead atoms. The maximum absolute atomic E-state index is 12.8. The summed E-state index contributed by atoms with van der Waals surface area (Å²) in [6, 6.07) is 22.3. The van der Waals surface area contributed by atoms with E-state index in [0.717, 1.165) is 16.9 Å². The molecule has 1 atom stereocenters. The van der Waals surface area contributed by atoms with E-state index in [1.165, 1.54) is 10.8 Å². The molecule has 28 heavy (non-hydrogen) atoms. The van der Waals surface area contributed by atoms with E-state index in [1.807, 2.05) is 43.4 Å². The lowest BCUT2D eigenvalue weighted by Crippen LogP contribution is -2.40. The molecule has 0 saturated carbocycles. The fraction of sp³-hybridized carbons (Fsp3) is 0.292. The first-order chi connectivity index (χ1) is 13.5. The minimum Gasteiger partial charge on any atom is -0.497 e. The Labute approximate surface area is 167 Å². The van der Waals surface area contributed by atoms with E-state index in [-0.39, 0.29) is 18.0 Å². The predicted molar refractivity (Wildman–Crippen MR) is 115 cm³/mol. The lowest BCUT2D eigenvalue weighted by Gasteiger charge is -2.27. The van der Waals surface area contributed by atoms with Gasteiger partial charge in [-0.15, -0.1) is 0 Å². The van der Waals surface area contributed by atoms with Gasteiger partial charge in [-0.05, 0) is 46.0 Å². The number of ether oxygens (including phenoxy) is 1. The van der Waals surface area contributed by atoms with Crippen molar-refractivity contribution in [3.63, 3.8) is 0 Å². The summed E-state index contributed by atoms with van der Waals surface area (Å²) in [5.74, 6) is 1.08. The molecule has 3 aromatic carbocycles. The largest absolute Gasteiger partial charge is 0.497 e. The molecule has 0 saturated heterocycles. The first-order valence-electron chi connectivity index (χ1n) is 9.61. The number of hydrogen-bond acceptors (Lipinski definition) is 2. The number of benzene rings is 3. The fourth-order valence-corrected chi connectivity index (χ4v) is 3.37. The van der Waals surface area contributed by atoms with Crippen molar-refractivity contribution in [3.05, 3.63) is 77.9 Å². The van der Waals surface area contributed by atoms with Crippen LogP contribution >= 0.6 is 0 Å². The second-order valence-corrected chi connectivity index (χ2v) is 7.48. The van der Waals surface area contributed by atoms with Crippen LogP contribution in [-0.2, 0) is 6.54 Å². The molecule has 0 aliphatic heterocycles. The number of carbonyl (C=O) groups excluding carboxylic acids is 1. The van der Waals surface area contributed by atoms with Crippen molar-refractivity contribution < 1.29 is 9.53 Å². The topological polar surface area (TPSA) is 41.6 Å². The van der Waals surface area contributed by atoms with Gasteiger partial charge in [-0.1, -0.05) is 62.4 Å². The molecule has 4 heteroatoms. The Kier molecular flexibility index (Phi) is 6.19. The maximum atomic E-state index is 12.8. The monoisotopic (exact) mass is 376 g/mol. The van der Waals surface area contributed by atoms with E-state index >= 15 is 0 Å². The van der Waals surface area contributed by atoms with Crippen molar-refractivity contribution >= 4 is 16.8 Å². The lowest BCUT2D eigenvalue weighted by atomic mass is 9.96. The molecule has 0 heterocycles. The first kappa shape index (κ1) is 19.7. The van der Waals surface area contributed by atoms with Gasteiger partial charge in [0.15, 0.2) is 0 Å². The van der Waals surface area contributed by atoms with Crippen LogP contribution in [0.1, 0.15) is 31.0 Å². The van der Waals surface area contributed by atoms with E-state index in [2.05, 4.69) is 49.5 Å². The summed E-state index contributed by atoms with van der Waals surface area (Å²) < 4.78 is 5.23. The van der Waals surface area contributed by atoms with Gasteiger partial charge in [-0.2, -0.15) is 0 Å². The predicted octanol–water partition coefficient (Wildman–Crippen LogP) is 5.39. The van der Waals surface area contributed by atoms with E-state index in [1.54, 1.807) is 12.0 Å². The number of carbonyl (C=O) groups is 1. The highest BCUT2D eigenvalue weighted by atomic mass is 16.5. The number of nitrogens with one attached hydrogen (secondary N) is 1. The number of hydrogen-bond donors (Lipinski definition) is 1. The molecule has 3 aromatic rings. The summed E-state index contributed by atoms with van der Waals surface area (Å²) in [6.07, 6.45) is 0. The molecule has 0 spiro atoms. The van der Waals surface area contributed by atoms with Crippen LogP contribution in [-0.4, -0.2) is 25.1 Å². The molecular weight excluding hydrogens is 348 g/mol. The number of methoxy groups -OCH3 is 1. The third-order valence-electron chi connectivity index (χ3n) is 5.00. The molecule has 0 fully saturated rings. The highest BCUT2D eigenvalue weighted by molar-refractivity contribution is 5.83. The summed E-state index contributed by atoms with van der Waals surface area (Å²) in [4.78, 5) is 14.5. The fourth-order valence-electron chi connectivity index (χ4n) is 3.37. The molecule has 0 aromatic heterocycles. The lowest BCUT2D eigenvalue weighted by molar-refractivity contribution is 0.199. The molecule has 2 amide bonds. The van der Waals surface area contributed by atoms with Crippen LogP contribution in [0.25, 0.3) is 10.8 Å². The second kappa shape index (κ2) is 8.79. The zero-order chi connectivity index (χ0) is 20.1. The highest BCUT2D eigenvalue weighted by Gasteiger charge is 2.20. The average molecular weight is 377 g/mol. The van der Waals surface area contributed by atoms with Crippen LogP contribution in [0, 0.1) is 5.92 Å². The molecule has 3 rings (SSSR count). The van der Waals surface area contributed by atoms with E-state index in [9.17, 15) is 4.79 Å². The summed E-state index contributed by atoms with van der Waals surface area (Å²) in [5.41, 5.74) is 2.19. The molecule has 4 nitrogen and oxygen atoms in total. The SMILES string of the molecule is COc1ccc([C@H](NC(=O)N(C)Cc2ccc3ccccc3c2)C(C)C)cc1. The normalized spacial score (nSPS) is 12.0. The second-order valence-electron chi connectivity index (χ2n) is 7.48. The van der Waals surface area contributed by atoms with Crippen LogP contribution < -0.4 is 10.1 Å². The van der Waals surface area contributed by atoms with Crippen molar-refractivity contribution in [2.45, 2.75) is 26.4 Å². The Morgan fingerprint density at radius 3 is 2.32 bits per heavy atom. The smallest absolute Gasteiger partial charge is 0.317 e. The molecule has 0 radical (unpaired) electrons. The van der Waals surface area contributed by atoms with Crippen LogP contribution in [0.3, 0.4) is 0 Å². The van der Waals surface area contributed by atoms with E-state index < -0.39 is 0 Å². The number of fused-ring (bicyclic) bond motifs is 1. The molecule has 0 unspecified atom stereocenters. The summed E-state index contributed by atoms with van der Waals surface area (Å²) in [6.45, 7) is 4.78. The van der Waals surface area contributed by atoms with E-state index in [0.29, 0.717) is 6.54 Å². The van der Waals surface area contributed by atoms with Gasteiger partial charge in [0.05, 0.1) is 13.2 Å². The number of nitrogens with zero attached hydrogens (tertiary/aromatic N) is 1. The van der Waals surface area contributed by atoms with Crippen molar-refractivity contribution in [1.29, 1.82) is 0 Å². The van der Waals surface area contributed by atoms with Gasteiger partial charge in [0.2, 0.25) is 0 Å². The van der Waals surface area contributed by atoms with Crippen LogP contribution in [0.5, 0.6) is 5.75 Å². The quantitative estimate of drug-likeness (QED) is 0.627. The van der Waals surface area contributed by atoms with Crippen molar-refractivity contribution in [2.75, 3.05) is 14.2 Å². The highest BCUT2D eigenvalue weighted by Crippen LogP contribution is 2.24. The minimum absolute atomic E-state index is 0.0579. The molecule has 146 valence electrons. The Morgan fingerprint density at radius 2 is 1.68 bits per heavy atom. The van der Waals surface area contributed by atoms with Gasteiger partial charge in [0, 0.05) is 13.6 Å². The minimum atomic E-state index is -0.0809. The number of amides is 2. The zero-order valence-electron chi connectivity index (χ0n) is 17.0. The average Bonchev–Trinajstić information content (AvgIpc) is 2.71. The van der Waals surface area contributed by atoms with Crippen molar-refractivity contribution in [1.82, 2.24) is 10.2 Å².